The van der Waals surface area contributed by atoms with E-state index in [4.69, 9.17) is 6.42 Å². The van der Waals surface area contributed by atoms with Gasteiger partial charge >= 0.3 is 5.97 Å². The van der Waals surface area contributed by atoms with Gasteiger partial charge in [0.25, 0.3) is 5.56 Å². The first-order chi connectivity index (χ1) is 17.3. The van der Waals surface area contributed by atoms with E-state index in [1.807, 2.05) is 18.2 Å². The van der Waals surface area contributed by atoms with Crippen LogP contribution < -0.4 is 5.56 Å². The van der Waals surface area contributed by atoms with E-state index in [1.165, 1.54) is 19.3 Å². The lowest BCUT2D eigenvalue weighted by molar-refractivity contribution is -0.0576. The normalized spacial score (nSPS) is 35.5. The highest BCUT2D eigenvalue weighted by Crippen LogP contribution is 2.46. The zero-order valence-electron chi connectivity index (χ0n) is 21.8. The molecular formula is C30H39N3O3. The van der Waals surface area contributed by atoms with Crippen LogP contribution in [0.15, 0.2) is 29.1 Å². The van der Waals surface area contributed by atoms with Crippen molar-refractivity contribution in [2.75, 3.05) is 0 Å². The van der Waals surface area contributed by atoms with Gasteiger partial charge in [-0.15, -0.1) is 12.3 Å². The second kappa shape index (κ2) is 10.0. The molecule has 2 bridgehead atoms. The number of fused-ring (bicyclic) bond motifs is 3. The van der Waals surface area contributed by atoms with E-state index in [9.17, 15) is 14.7 Å². The van der Waals surface area contributed by atoms with Crippen molar-refractivity contribution in [3.8, 4) is 12.3 Å². The fraction of sp³-hybridized carbons (Fsp3) is 0.633. The number of hydrogen-bond donors (Lipinski definition) is 1. The average molecular weight is 490 g/mol. The van der Waals surface area contributed by atoms with Gasteiger partial charge in [0.1, 0.15) is 0 Å². The quantitative estimate of drug-likeness (QED) is 0.587. The topological polar surface area (TPSA) is 75.4 Å². The Morgan fingerprint density at radius 1 is 0.972 bits per heavy atom. The van der Waals surface area contributed by atoms with Gasteiger partial charge in [-0.05, 0) is 81.3 Å². The molecule has 2 aromatic rings. The molecule has 3 fully saturated rings. The van der Waals surface area contributed by atoms with Crippen molar-refractivity contribution >= 4 is 17.0 Å². The van der Waals surface area contributed by atoms with E-state index < -0.39 is 11.5 Å². The molecule has 0 amide bonds. The number of carboxylic acid groups (broad SMARTS) is 1. The number of para-hydroxylation sites is 2. The van der Waals surface area contributed by atoms with E-state index >= 15 is 0 Å². The highest BCUT2D eigenvalue weighted by molar-refractivity contribution is 5.88. The van der Waals surface area contributed by atoms with Crippen LogP contribution in [-0.4, -0.2) is 43.7 Å². The molecule has 36 heavy (non-hydrogen) atoms. The van der Waals surface area contributed by atoms with Crippen LogP contribution in [-0.2, 0) is 0 Å². The molecule has 0 spiro atoms. The third-order valence-corrected chi connectivity index (χ3v) is 9.22. The van der Waals surface area contributed by atoms with Crippen molar-refractivity contribution in [3.63, 3.8) is 0 Å². The first-order valence-corrected chi connectivity index (χ1v) is 13.7. The van der Waals surface area contributed by atoms with Crippen molar-refractivity contribution in [1.29, 1.82) is 0 Å². The average Bonchev–Trinajstić information content (AvgIpc) is 2.83. The summed E-state index contributed by atoms with van der Waals surface area (Å²) >= 11 is 0. The maximum Gasteiger partial charge on any atom is 0.360 e. The molecule has 0 radical (unpaired) electrons. The van der Waals surface area contributed by atoms with E-state index in [0.29, 0.717) is 47.3 Å². The minimum Gasteiger partial charge on any atom is -0.476 e. The molecule has 5 rings (SSSR count). The minimum absolute atomic E-state index is 0.0216. The van der Waals surface area contributed by atoms with Crippen LogP contribution in [0, 0.1) is 36.0 Å². The molecule has 2 unspecified atom stereocenters. The molecule has 1 aromatic carbocycles. The number of rotatable bonds is 3. The Labute approximate surface area is 214 Å². The molecule has 8 atom stereocenters. The lowest BCUT2D eigenvalue weighted by Gasteiger charge is -2.56. The lowest BCUT2D eigenvalue weighted by atomic mass is 9.72. The Morgan fingerprint density at radius 2 is 1.67 bits per heavy atom. The number of piperidine rings is 2. The van der Waals surface area contributed by atoms with E-state index in [1.54, 1.807) is 10.6 Å². The smallest absolute Gasteiger partial charge is 0.360 e. The predicted molar refractivity (Wildman–Crippen MR) is 142 cm³/mol. The zero-order chi connectivity index (χ0) is 25.6. The molecule has 1 aliphatic carbocycles. The summed E-state index contributed by atoms with van der Waals surface area (Å²) < 4.78 is 1.77. The van der Waals surface area contributed by atoms with Crippen molar-refractivity contribution < 1.29 is 9.90 Å². The Kier molecular flexibility index (Phi) is 6.96. The van der Waals surface area contributed by atoms with Gasteiger partial charge in [0.2, 0.25) is 5.69 Å². The Morgan fingerprint density at radius 3 is 2.33 bits per heavy atom. The summed E-state index contributed by atoms with van der Waals surface area (Å²) in [5.41, 5.74) is 0.463. The molecule has 3 heterocycles. The number of carboxylic acids is 1. The number of benzene rings is 1. The molecule has 1 N–H and O–H groups in total. The number of hydrogen-bond acceptors (Lipinski definition) is 4. The Balaban J connectivity index is 1.50. The monoisotopic (exact) mass is 489 g/mol. The number of aromatic nitrogens is 2. The van der Waals surface area contributed by atoms with Crippen LogP contribution in [0.5, 0.6) is 0 Å². The maximum absolute atomic E-state index is 13.4. The molecule has 3 aliphatic rings. The van der Waals surface area contributed by atoms with Gasteiger partial charge in [0.15, 0.2) is 0 Å². The summed E-state index contributed by atoms with van der Waals surface area (Å²) in [6.07, 6.45) is 14.5. The first-order valence-electron chi connectivity index (χ1n) is 13.7. The van der Waals surface area contributed by atoms with Crippen molar-refractivity contribution in [2.45, 2.75) is 96.3 Å². The second-order valence-electron chi connectivity index (χ2n) is 11.9. The van der Waals surface area contributed by atoms with Crippen molar-refractivity contribution in [2.24, 2.45) is 23.7 Å². The molecule has 192 valence electrons. The summed E-state index contributed by atoms with van der Waals surface area (Å²) in [7, 11) is 0. The summed E-state index contributed by atoms with van der Waals surface area (Å²) in [5.74, 6) is 3.91. The molecule has 6 nitrogen and oxygen atoms in total. The highest BCUT2D eigenvalue weighted by atomic mass is 16.4. The van der Waals surface area contributed by atoms with Crippen LogP contribution in [0.25, 0.3) is 11.0 Å². The fourth-order valence-electron chi connectivity index (χ4n) is 7.74. The van der Waals surface area contributed by atoms with Gasteiger partial charge in [0, 0.05) is 30.1 Å². The number of carbonyl (C=O) groups is 1. The Hall–Kier alpha value is -2.65. The van der Waals surface area contributed by atoms with E-state index in [-0.39, 0.29) is 11.7 Å². The third kappa shape index (κ3) is 4.59. The SMILES string of the molecule is C#CC1C[C@@H](C)CC(N2[C@@H]3CC[C@H](C)[C@H]2C[C@@H](n2c(=O)c(C(=O)O)nc4ccccc42)C3)C[C@@H](C)C1. The maximum atomic E-state index is 13.4. The van der Waals surface area contributed by atoms with E-state index in [0.717, 1.165) is 37.6 Å². The van der Waals surface area contributed by atoms with Gasteiger partial charge in [0.05, 0.1) is 11.0 Å². The van der Waals surface area contributed by atoms with E-state index in [2.05, 4.69) is 36.6 Å². The van der Waals surface area contributed by atoms with Gasteiger partial charge in [-0.25, -0.2) is 9.78 Å². The number of nitrogens with zero attached hydrogens (tertiary/aromatic N) is 3. The lowest BCUT2D eigenvalue weighted by Crippen LogP contribution is -2.60. The van der Waals surface area contributed by atoms with Gasteiger partial charge < -0.3 is 9.67 Å². The number of aromatic carboxylic acids is 1. The van der Waals surface area contributed by atoms with Crippen LogP contribution >= 0.6 is 0 Å². The molecular weight excluding hydrogens is 450 g/mol. The molecule has 1 aromatic heterocycles. The van der Waals surface area contributed by atoms with Crippen molar-refractivity contribution in [3.05, 3.63) is 40.3 Å². The predicted octanol–water partition coefficient (Wildman–Crippen LogP) is 5.36. The molecule has 2 saturated heterocycles. The van der Waals surface area contributed by atoms with Crippen LogP contribution in [0.4, 0.5) is 0 Å². The van der Waals surface area contributed by atoms with Crippen LogP contribution in [0.3, 0.4) is 0 Å². The highest BCUT2D eigenvalue weighted by Gasteiger charge is 2.46. The minimum atomic E-state index is -1.26. The summed E-state index contributed by atoms with van der Waals surface area (Å²) in [4.78, 5) is 32.3. The van der Waals surface area contributed by atoms with Gasteiger partial charge in [-0.1, -0.05) is 32.9 Å². The summed E-state index contributed by atoms with van der Waals surface area (Å²) in [6.45, 7) is 7.07. The van der Waals surface area contributed by atoms with Crippen LogP contribution in [0.1, 0.15) is 88.7 Å². The third-order valence-electron chi connectivity index (χ3n) is 9.22. The summed E-state index contributed by atoms with van der Waals surface area (Å²) in [6, 6.07) is 8.76. The van der Waals surface area contributed by atoms with Crippen molar-refractivity contribution in [1.82, 2.24) is 14.5 Å². The first kappa shape index (κ1) is 25.0. The standard InChI is InChI=1S/C30H39N3O3/c1-5-21-12-18(2)14-23(15-19(3)13-21)32-22-11-10-20(4)27(32)17-24(16-22)33-26-9-7-6-8-25(26)31-28(29(33)34)30(35)36/h1,6-9,18-24,27H,10-17H2,2-4H3,(H,35,36)/t18-,19+,20-,21?,22+,23?,24-,27+/m0/s1. The summed E-state index contributed by atoms with van der Waals surface area (Å²) in [5, 5.41) is 9.70. The second-order valence-corrected chi connectivity index (χ2v) is 11.9. The molecule has 2 aliphatic heterocycles. The van der Waals surface area contributed by atoms with Gasteiger partial charge in [-0.2, -0.15) is 0 Å². The number of terminal acetylenes is 1. The van der Waals surface area contributed by atoms with Crippen LogP contribution in [0.2, 0.25) is 0 Å². The fourth-order valence-corrected chi connectivity index (χ4v) is 7.74. The zero-order valence-corrected chi connectivity index (χ0v) is 21.8. The molecule has 1 saturated carbocycles. The molecule has 6 heteroatoms. The largest absolute Gasteiger partial charge is 0.476 e. The van der Waals surface area contributed by atoms with Gasteiger partial charge in [-0.3, -0.25) is 9.69 Å². The Bertz CT molecular complexity index is 1220.